The van der Waals surface area contributed by atoms with Gasteiger partial charge in [-0.1, -0.05) is 60.7 Å². The third-order valence-electron chi connectivity index (χ3n) is 5.63. The highest BCUT2D eigenvalue weighted by Gasteiger charge is 2.52. The molecule has 4 rings (SSSR count). The number of urea groups is 1. The van der Waals surface area contributed by atoms with Crippen LogP contribution in [0.4, 0.5) is 4.79 Å². The quantitative estimate of drug-likeness (QED) is 0.761. The Hall–Kier alpha value is -2.45. The van der Waals surface area contributed by atoms with E-state index in [1.807, 2.05) is 60.7 Å². The zero-order valence-electron chi connectivity index (χ0n) is 17.2. The molecule has 2 aliphatic heterocycles. The molecular formula is C23H28N2O5. The lowest BCUT2D eigenvalue weighted by Crippen LogP contribution is -2.51. The highest BCUT2D eigenvalue weighted by molar-refractivity contribution is 5.78. The molecule has 2 amide bonds. The van der Waals surface area contributed by atoms with Gasteiger partial charge in [0.1, 0.15) is 18.2 Å². The third kappa shape index (κ3) is 4.20. The van der Waals surface area contributed by atoms with E-state index in [9.17, 15) is 15.0 Å². The van der Waals surface area contributed by atoms with E-state index in [4.69, 9.17) is 9.47 Å². The molecule has 0 aromatic heterocycles. The molecule has 2 fully saturated rings. The molecule has 2 N–H and O–H groups in total. The summed E-state index contributed by atoms with van der Waals surface area (Å²) in [4.78, 5) is 16.2. The predicted octanol–water partition coefficient (Wildman–Crippen LogP) is 2.32. The Labute approximate surface area is 176 Å². The van der Waals surface area contributed by atoms with Crippen LogP contribution in [0.3, 0.4) is 0 Å². The minimum absolute atomic E-state index is 0.198. The summed E-state index contributed by atoms with van der Waals surface area (Å²) >= 11 is 0. The van der Waals surface area contributed by atoms with E-state index in [2.05, 4.69) is 0 Å². The van der Waals surface area contributed by atoms with Gasteiger partial charge in [0.05, 0.1) is 13.2 Å². The van der Waals surface area contributed by atoms with Crippen molar-refractivity contribution in [2.24, 2.45) is 0 Å². The van der Waals surface area contributed by atoms with Crippen LogP contribution < -0.4 is 0 Å². The second kappa shape index (κ2) is 8.35. The van der Waals surface area contributed by atoms with Crippen molar-refractivity contribution in [3.8, 4) is 0 Å². The number of aliphatic hydroxyl groups excluding tert-OH is 2. The van der Waals surface area contributed by atoms with Crippen LogP contribution in [0.25, 0.3) is 0 Å². The standard InChI is InChI=1S/C23H28N2O5/c1-23(2)29-15-18(30-23)20(26)19-21(27)25(14-17-11-7-4-8-12-17)22(28)24(19)13-16-9-5-3-6-10-16/h3-12,18-21,26-27H,13-15H2,1-2H3/t18-,19-,20-,21?/m1/s1. The second-order valence-electron chi connectivity index (χ2n) is 8.27. The molecule has 4 atom stereocenters. The first-order chi connectivity index (χ1) is 14.4. The molecule has 30 heavy (non-hydrogen) atoms. The number of hydrogen-bond donors (Lipinski definition) is 2. The van der Waals surface area contributed by atoms with Gasteiger partial charge in [-0.15, -0.1) is 0 Å². The lowest BCUT2D eigenvalue weighted by atomic mass is 10.0. The number of ether oxygens (including phenoxy) is 2. The van der Waals surface area contributed by atoms with E-state index < -0.39 is 30.3 Å². The smallest absolute Gasteiger partial charge is 0.323 e. The number of hydrogen-bond acceptors (Lipinski definition) is 5. The van der Waals surface area contributed by atoms with Crippen LogP contribution in [0.1, 0.15) is 25.0 Å². The van der Waals surface area contributed by atoms with Crippen LogP contribution in [0.5, 0.6) is 0 Å². The minimum atomic E-state index is -1.18. The van der Waals surface area contributed by atoms with E-state index in [0.29, 0.717) is 0 Å². The van der Waals surface area contributed by atoms with Crippen LogP contribution in [0, 0.1) is 0 Å². The monoisotopic (exact) mass is 412 g/mol. The Kier molecular flexibility index (Phi) is 5.79. The molecule has 7 heteroatoms. The Morgan fingerprint density at radius 2 is 1.53 bits per heavy atom. The first-order valence-electron chi connectivity index (χ1n) is 10.2. The number of carbonyl (C=O) groups excluding carboxylic acids is 1. The Balaban J connectivity index is 1.60. The molecular weight excluding hydrogens is 384 g/mol. The SMILES string of the molecule is CC1(C)OC[C@H]([C@@H](O)[C@@H]2C(O)N(Cc3ccccc3)C(=O)N2Cc2ccccc2)O1. The van der Waals surface area contributed by atoms with Gasteiger partial charge in [0.15, 0.2) is 12.0 Å². The van der Waals surface area contributed by atoms with Crippen molar-refractivity contribution in [2.45, 2.75) is 57.2 Å². The molecule has 0 spiro atoms. The molecule has 2 aliphatic rings. The predicted molar refractivity (Wildman–Crippen MR) is 110 cm³/mol. The molecule has 2 heterocycles. The van der Waals surface area contributed by atoms with Crippen LogP contribution in [0.2, 0.25) is 0 Å². The van der Waals surface area contributed by atoms with E-state index in [1.54, 1.807) is 13.8 Å². The summed E-state index contributed by atoms with van der Waals surface area (Å²) in [7, 11) is 0. The lowest BCUT2D eigenvalue weighted by Gasteiger charge is -2.32. The molecule has 2 aromatic rings. The van der Waals surface area contributed by atoms with E-state index >= 15 is 0 Å². The van der Waals surface area contributed by atoms with E-state index in [1.165, 1.54) is 9.80 Å². The maximum atomic E-state index is 13.3. The first-order valence-corrected chi connectivity index (χ1v) is 10.2. The zero-order chi connectivity index (χ0) is 21.3. The van der Waals surface area contributed by atoms with Gasteiger partial charge in [-0.2, -0.15) is 0 Å². The normalized spacial score (nSPS) is 26.9. The number of nitrogens with zero attached hydrogens (tertiary/aromatic N) is 2. The van der Waals surface area contributed by atoms with E-state index in [0.717, 1.165) is 11.1 Å². The lowest BCUT2D eigenvalue weighted by molar-refractivity contribution is -0.160. The van der Waals surface area contributed by atoms with Crippen LogP contribution >= 0.6 is 0 Å². The summed E-state index contributed by atoms with van der Waals surface area (Å²) in [5.41, 5.74) is 1.82. The molecule has 7 nitrogen and oxygen atoms in total. The number of benzene rings is 2. The largest absolute Gasteiger partial charge is 0.388 e. The molecule has 0 saturated carbocycles. The van der Waals surface area contributed by atoms with Gasteiger partial charge in [-0.3, -0.25) is 4.90 Å². The average molecular weight is 412 g/mol. The molecule has 2 aromatic carbocycles. The van der Waals surface area contributed by atoms with Gasteiger partial charge < -0.3 is 24.6 Å². The zero-order valence-corrected chi connectivity index (χ0v) is 17.2. The summed E-state index contributed by atoms with van der Waals surface area (Å²) in [5, 5.41) is 22.2. The molecule has 0 radical (unpaired) electrons. The van der Waals surface area contributed by atoms with Crippen LogP contribution in [0.15, 0.2) is 60.7 Å². The minimum Gasteiger partial charge on any atom is -0.388 e. The molecule has 0 aliphatic carbocycles. The summed E-state index contributed by atoms with van der Waals surface area (Å²) in [6.07, 6.45) is -2.92. The molecule has 1 unspecified atom stereocenters. The highest BCUT2D eigenvalue weighted by atomic mass is 16.7. The van der Waals surface area contributed by atoms with E-state index in [-0.39, 0.29) is 25.7 Å². The topological polar surface area (TPSA) is 82.5 Å². The van der Waals surface area contributed by atoms with Gasteiger partial charge >= 0.3 is 6.03 Å². The van der Waals surface area contributed by atoms with Gasteiger partial charge in [-0.25, -0.2) is 4.79 Å². The summed E-state index contributed by atoms with van der Waals surface area (Å²) in [6, 6.07) is 17.9. The molecule has 0 bridgehead atoms. The van der Waals surface area contributed by atoms with Crippen LogP contribution in [-0.2, 0) is 22.6 Å². The van der Waals surface area contributed by atoms with Crippen molar-refractivity contribution in [2.75, 3.05) is 6.61 Å². The summed E-state index contributed by atoms with van der Waals surface area (Å²) < 4.78 is 11.4. The maximum Gasteiger partial charge on any atom is 0.323 e. The second-order valence-corrected chi connectivity index (χ2v) is 8.27. The third-order valence-corrected chi connectivity index (χ3v) is 5.63. The van der Waals surface area contributed by atoms with Crippen molar-refractivity contribution in [1.82, 2.24) is 9.80 Å². The van der Waals surface area contributed by atoms with Crippen molar-refractivity contribution in [1.29, 1.82) is 0 Å². The van der Waals surface area contributed by atoms with Crippen molar-refractivity contribution >= 4 is 6.03 Å². The van der Waals surface area contributed by atoms with Gasteiger partial charge in [0, 0.05) is 6.54 Å². The van der Waals surface area contributed by atoms with Gasteiger partial charge in [0.2, 0.25) is 0 Å². The van der Waals surface area contributed by atoms with Gasteiger partial charge in [-0.05, 0) is 25.0 Å². The molecule has 160 valence electrons. The number of carbonyl (C=O) groups is 1. The highest BCUT2D eigenvalue weighted by Crippen LogP contribution is 2.33. The Bertz CT molecular complexity index is 860. The number of aliphatic hydroxyl groups is 2. The summed E-state index contributed by atoms with van der Waals surface area (Å²) in [5.74, 6) is -0.812. The Morgan fingerprint density at radius 1 is 1.00 bits per heavy atom. The number of rotatable bonds is 6. The average Bonchev–Trinajstić information content (AvgIpc) is 3.21. The fourth-order valence-electron chi connectivity index (χ4n) is 4.11. The van der Waals surface area contributed by atoms with Crippen LogP contribution in [-0.4, -0.2) is 62.9 Å². The fraction of sp³-hybridized carbons (Fsp3) is 0.435. The molecule has 2 saturated heterocycles. The van der Waals surface area contributed by atoms with Crippen molar-refractivity contribution in [3.05, 3.63) is 71.8 Å². The van der Waals surface area contributed by atoms with Crippen molar-refractivity contribution < 1.29 is 24.5 Å². The maximum absolute atomic E-state index is 13.3. The first kappa shape index (κ1) is 20.8. The number of amides is 2. The van der Waals surface area contributed by atoms with Gasteiger partial charge in [0.25, 0.3) is 0 Å². The fourth-order valence-corrected chi connectivity index (χ4v) is 4.11. The van der Waals surface area contributed by atoms with Crippen molar-refractivity contribution in [3.63, 3.8) is 0 Å². The summed E-state index contributed by atoms with van der Waals surface area (Å²) in [6.45, 7) is 4.28. The Morgan fingerprint density at radius 3 is 2.03 bits per heavy atom.